The lowest BCUT2D eigenvalue weighted by Gasteiger charge is -2.33. The number of ketones is 1. The largest absolute Gasteiger partial charge is 0.349 e. The Labute approximate surface area is 179 Å². The van der Waals surface area contributed by atoms with Gasteiger partial charge in [-0.2, -0.15) is 0 Å². The molecule has 1 fully saturated rings. The van der Waals surface area contributed by atoms with Crippen LogP contribution in [-0.2, 0) is 17.8 Å². The second-order valence-electron chi connectivity index (χ2n) is 8.06. The van der Waals surface area contributed by atoms with E-state index in [9.17, 15) is 9.59 Å². The molecule has 2 heterocycles. The summed E-state index contributed by atoms with van der Waals surface area (Å²) < 4.78 is 2.18. The third-order valence-electron chi connectivity index (χ3n) is 6.06. The summed E-state index contributed by atoms with van der Waals surface area (Å²) in [6, 6.07) is 9.95. The van der Waals surface area contributed by atoms with Gasteiger partial charge in [0.15, 0.2) is 5.78 Å². The molecular weight excluding hydrogens is 376 g/mol. The number of hydrogen-bond donors (Lipinski definition) is 1. The molecule has 0 atom stereocenters. The normalized spacial score (nSPS) is 15.3. The van der Waals surface area contributed by atoms with Crippen molar-refractivity contribution in [3.8, 4) is 0 Å². The quantitative estimate of drug-likeness (QED) is 0.680. The minimum absolute atomic E-state index is 0.0208. The molecule has 3 rings (SSSR count). The number of aromatic nitrogens is 1. The monoisotopic (exact) mass is 410 g/mol. The number of para-hydroxylation sites is 1. The number of rotatable bonds is 8. The maximum Gasteiger partial charge on any atom is 0.238 e. The Morgan fingerprint density at radius 3 is 2.20 bits per heavy atom. The summed E-state index contributed by atoms with van der Waals surface area (Å²) in [7, 11) is 0. The van der Waals surface area contributed by atoms with Crippen LogP contribution in [0.5, 0.6) is 0 Å². The third kappa shape index (κ3) is 5.18. The molecule has 0 spiro atoms. The maximum atomic E-state index is 12.8. The van der Waals surface area contributed by atoms with E-state index >= 15 is 0 Å². The molecule has 162 valence electrons. The zero-order valence-corrected chi connectivity index (χ0v) is 18.7. The van der Waals surface area contributed by atoms with Crippen LogP contribution in [0.4, 0.5) is 5.69 Å². The fourth-order valence-electron chi connectivity index (χ4n) is 4.31. The van der Waals surface area contributed by atoms with Crippen molar-refractivity contribution in [2.24, 2.45) is 0 Å². The first-order valence-electron chi connectivity index (χ1n) is 10.9. The number of carbonyl (C=O) groups excluding carboxylic acids is 2. The van der Waals surface area contributed by atoms with E-state index in [1.807, 2.05) is 37.3 Å². The van der Waals surface area contributed by atoms with Crippen molar-refractivity contribution in [3.05, 3.63) is 52.8 Å². The fourth-order valence-corrected chi connectivity index (χ4v) is 4.31. The molecule has 0 bridgehead atoms. The molecule has 6 heteroatoms. The van der Waals surface area contributed by atoms with Gasteiger partial charge in [-0.25, -0.2) is 0 Å². The Kier molecular flexibility index (Phi) is 7.45. The zero-order chi connectivity index (χ0) is 21.7. The van der Waals surface area contributed by atoms with E-state index in [2.05, 4.69) is 40.5 Å². The van der Waals surface area contributed by atoms with E-state index in [4.69, 9.17) is 0 Å². The molecule has 1 aromatic carbocycles. The Hall–Kier alpha value is -2.44. The number of Topliss-reactive ketones (excluding diaryl/α,β-unsaturated/α-hetero) is 1. The van der Waals surface area contributed by atoms with Crippen molar-refractivity contribution in [1.29, 1.82) is 0 Å². The van der Waals surface area contributed by atoms with Crippen molar-refractivity contribution < 1.29 is 9.59 Å². The maximum absolute atomic E-state index is 12.8. The molecule has 1 aromatic heterocycles. The van der Waals surface area contributed by atoms with Gasteiger partial charge in [0.2, 0.25) is 5.91 Å². The molecule has 1 amide bonds. The van der Waals surface area contributed by atoms with Gasteiger partial charge in [0.25, 0.3) is 0 Å². The number of anilines is 1. The molecule has 0 saturated carbocycles. The number of benzene rings is 1. The van der Waals surface area contributed by atoms with Crippen molar-refractivity contribution in [3.63, 3.8) is 0 Å². The average molecular weight is 411 g/mol. The highest BCUT2D eigenvalue weighted by Gasteiger charge is 2.23. The summed E-state index contributed by atoms with van der Waals surface area (Å²) in [5.74, 6) is 0.206. The minimum Gasteiger partial charge on any atom is -0.349 e. The molecule has 0 radical (unpaired) electrons. The number of aryl methyl sites for hydroxylation is 2. The van der Waals surface area contributed by atoms with Crippen LogP contribution in [0.1, 0.15) is 41.2 Å². The summed E-state index contributed by atoms with van der Waals surface area (Å²) in [5, 5.41) is 3.04. The van der Waals surface area contributed by atoms with Gasteiger partial charge in [0.1, 0.15) is 0 Å². The van der Waals surface area contributed by atoms with E-state index in [0.717, 1.165) is 67.3 Å². The molecule has 6 nitrogen and oxygen atoms in total. The van der Waals surface area contributed by atoms with Crippen molar-refractivity contribution in [2.45, 2.75) is 40.7 Å². The minimum atomic E-state index is 0.0208. The predicted molar refractivity (Wildman–Crippen MR) is 121 cm³/mol. The second kappa shape index (κ2) is 10.0. The molecule has 1 N–H and O–H groups in total. The molecule has 1 aliphatic heterocycles. The first-order valence-corrected chi connectivity index (χ1v) is 10.9. The molecule has 30 heavy (non-hydrogen) atoms. The fraction of sp³-hybridized carbons (Fsp3) is 0.500. The molecule has 1 aliphatic rings. The Morgan fingerprint density at radius 1 is 0.967 bits per heavy atom. The Morgan fingerprint density at radius 2 is 1.60 bits per heavy atom. The zero-order valence-electron chi connectivity index (χ0n) is 18.7. The second-order valence-corrected chi connectivity index (χ2v) is 8.06. The molecule has 1 saturated heterocycles. The van der Waals surface area contributed by atoms with Crippen LogP contribution in [0.3, 0.4) is 0 Å². The van der Waals surface area contributed by atoms with E-state index < -0.39 is 0 Å². The first-order chi connectivity index (χ1) is 14.4. The van der Waals surface area contributed by atoms with Crippen LogP contribution in [-0.4, -0.2) is 65.3 Å². The molecule has 0 aliphatic carbocycles. The lowest BCUT2D eigenvalue weighted by Crippen LogP contribution is -2.49. The number of carbonyl (C=O) groups is 2. The van der Waals surface area contributed by atoms with Crippen LogP contribution < -0.4 is 5.32 Å². The van der Waals surface area contributed by atoms with Gasteiger partial charge in [0, 0.05) is 55.4 Å². The smallest absolute Gasteiger partial charge is 0.238 e. The summed E-state index contributed by atoms with van der Waals surface area (Å²) >= 11 is 0. The highest BCUT2D eigenvalue weighted by Crippen LogP contribution is 2.17. The number of nitrogens with one attached hydrogen (secondary N) is 1. The summed E-state index contributed by atoms with van der Waals surface area (Å²) in [6.07, 6.45) is 0.893. The van der Waals surface area contributed by atoms with E-state index in [0.29, 0.717) is 13.1 Å². The topological polar surface area (TPSA) is 57.6 Å². The van der Waals surface area contributed by atoms with Gasteiger partial charge in [-0.1, -0.05) is 25.1 Å². The number of hydrogen-bond acceptors (Lipinski definition) is 4. The van der Waals surface area contributed by atoms with Gasteiger partial charge in [-0.15, -0.1) is 0 Å². The first kappa shape index (κ1) is 22.2. The van der Waals surface area contributed by atoms with Gasteiger partial charge in [0.05, 0.1) is 13.1 Å². The number of amides is 1. The third-order valence-corrected chi connectivity index (χ3v) is 6.06. The van der Waals surface area contributed by atoms with Crippen molar-refractivity contribution in [1.82, 2.24) is 14.4 Å². The summed E-state index contributed by atoms with van der Waals surface area (Å²) in [4.78, 5) is 29.6. The van der Waals surface area contributed by atoms with Crippen LogP contribution in [0.25, 0.3) is 0 Å². The van der Waals surface area contributed by atoms with Crippen LogP contribution in [0.2, 0.25) is 0 Å². The van der Waals surface area contributed by atoms with E-state index in [1.54, 1.807) is 0 Å². The van der Waals surface area contributed by atoms with Gasteiger partial charge in [-0.05, 0) is 44.9 Å². The predicted octanol–water partition coefficient (Wildman–Crippen LogP) is 3.13. The highest BCUT2D eigenvalue weighted by atomic mass is 16.2. The lowest BCUT2D eigenvalue weighted by molar-refractivity contribution is -0.117. The lowest BCUT2D eigenvalue weighted by atomic mass is 10.1. The van der Waals surface area contributed by atoms with Crippen LogP contribution in [0.15, 0.2) is 30.3 Å². The summed E-state index contributed by atoms with van der Waals surface area (Å²) in [5.41, 5.74) is 5.09. The van der Waals surface area contributed by atoms with Crippen LogP contribution in [0, 0.1) is 13.8 Å². The van der Waals surface area contributed by atoms with Gasteiger partial charge >= 0.3 is 0 Å². The van der Waals surface area contributed by atoms with Crippen molar-refractivity contribution >= 4 is 17.4 Å². The SMILES string of the molecule is CCc1ccccc1NC(=O)CN1CCN(CC(=O)c2cc(C)n(CC)c2C)CC1. The Balaban J connectivity index is 1.48. The van der Waals surface area contributed by atoms with Crippen LogP contribution >= 0.6 is 0 Å². The number of piperazine rings is 1. The van der Waals surface area contributed by atoms with Gasteiger partial charge in [-0.3, -0.25) is 19.4 Å². The molecule has 0 unspecified atom stereocenters. The highest BCUT2D eigenvalue weighted by molar-refractivity contribution is 5.99. The molecule has 2 aromatic rings. The van der Waals surface area contributed by atoms with Gasteiger partial charge < -0.3 is 9.88 Å². The van der Waals surface area contributed by atoms with Crippen molar-refractivity contribution in [2.75, 3.05) is 44.6 Å². The summed E-state index contributed by atoms with van der Waals surface area (Å²) in [6.45, 7) is 13.2. The van der Waals surface area contributed by atoms with E-state index in [-0.39, 0.29) is 11.7 Å². The Bertz CT molecular complexity index is 895. The van der Waals surface area contributed by atoms with E-state index in [1.165, 1.54) is 0 Å². The average Bonchev–Trinajstić information content (AvgIpc) is 3.03. The molecular formula is C24H34N4O2. The number of nitrogens with zero attached hydrogens (tertiary/aromatic N) is 3. The standard InChI is InChI=1S/C24H34N4O2/c1-5-20-9-7-8-10-22(20)25-24(30)17-27-13-11-26(12-14-27)16-23(29)21-15-18(3)28(6-2)19(21)4/h7-10,15H,5-6,11-14,16-17H2,1-4H3,(H,25,30).